The molecule has 4 heteroatoms. The van der Waals surface area contributed by atoms with Gasteiger partial charge in [0.25, 0.3) is 0 Å². The Hall–Kier alpha value is 0.0969. The Morgan fingerprint density at radius 3 is 2.56 bits per heavy atom. The highest BCUT2D eigenvalue weighted by atomic mass is 28.4. The Balaban J connectivity index is 2.02. The molecular weight excluding hydrogens is 242 g/mol. The second-order valence-electron chi connectivity index (χ2n) is 7.64. The summed E-state index contributed by atoms with van der Waals surface area (Å²) < 4.78 is 6.51. The molecule has 0 aromatic carbocycles. The normalized spacial score (nSPS) is 34.0. The zero-order chi connectivity index (χ0) is 13.6. The van der Waals surface area contributed by atoms with Crippen molar-refractivity contribution in [1.82, 2.24) is 4.90 Å². The molecular formula is C14H29NO2Si. The van der Waals surface area contributed by atoms with E-state index < -0.39 is 8.32 Å². The Bertz CT molecular complexity index is 313. The number of aliphatic hydroxyl groups is 1. The van der Waals surface area contributed by atoms with Crippen LogP contribution in [0.15, 0.2) is 0 Å². The van der Waals surface area contributed by atoms with Crippen LogP contribution in [0, 0.1) is 0 Å². The molecule has 0 amide bonds. The van der Waals surface area contributed by atoms with E-state index in [-0.39, 0.29) is 10.6 Å². The van der Waals surface area contributed by atoms with Gasteiger partial charge in [-0.15, -0.1) is 0 Å². The van der Waals surface area contributed by atoms with Crippen LogP contribution >= 0.6 is 0 Å². The molecule has 2 rings (SSSR count). The minimum Gasteiger partial charge on any atom is -0.413 e. The van der Waals surface area contributed by atoms with E-state index in [0.29, 0.717) is 12.7 Å². The summed E-state index contributed by atoms with van der Waals surface area (Å²) in [5, 5.41) is 9.99. The quantitative estimate of drug-likeness (QED) is 0.801. The molecule has 3 nitrogen and oxygen atoms in total. The first-order valence-electron chi connectivity index (χ1n) is 7.24. The highest BCUT2D eigenvalue weighted by molar-refractivity contribution is 6.74. The maximum Gasteiger partial charge on any atom is 0.192 e. The van der Waals surface area contributed by atoms with Gasteiger partial charge < -0.3 is 9.53 Å². The van der Waals surface area contributed by atoms with E-state index in [0.717, 1.165) is 25.9 Å². The lowest BCUT2D eigenvalue weighted by molar-refractivity contribution is 0.0991. The van der Waals surface area contributed by atoms with Crippen molar-refractivity contribution in [1.29, 1.82) is 0 Å². The molecule has 0 bridgehead atoms. The third kappa shape index (κ3) is 2.40. The van der Waals surface area contributed by atoms with Crippen molar-refractivity contribution in [2.24, 2.45) is 0 Å². The largest absolute Gasteiger partial charge is 0.413 e. The van der Waals surface area contributed by atoms with Gasteiger partial charge in [0.15, 0.2) is 8.32 Å². The Morgan fingerprint density at radius 1 is 1.39 bits per heavy atom. The average Bonchev–Trinajstić information content (AvgIpc) is 2.71. The number of nitrogens with zero attached hydrogens (tertiary/aromatic N) is 1. The molecule has 1 N–H and O–H groups in total. The van der Waals surface area contributed by atoms with Crippen LogP contribution in [0.3, 0.4) is 0 Å². The fourth-order valence-corrected chi connectivity index (χ4v) is 4.51. The van der Waals surface area contributed by atoms with E-state index >= 15 is 0 Å². The van der Waals surface area contributed by atoms with E-state index in [1.54, 1.807) is 0 Å². The van der Waals surface area contributed by atoms with E-state index in [1.807, 2.05) is 0 Å². The molecule has 2 atom stereocenters. The van der Waals surface area contributed by atoms with Gasteiger partial charge in [-0.05, 0) is 43.9 Å². The SMILES string of the molecule is CC(C)(C)[Si](C)(C)OC1CN2CCCC2(CO)C1. The Morgan fingerprint density at radius 2 is 2.06 bits per heavy atom. The van der Waals surface area contributed by atoms with Crippen LogP contribution in [0.2, 0.25) is 18.1 Å². The van der Waals surface area contributed by atoms with Crippen molar-refractivity contribution in [2.45, 2.75) is 69.8 Å². The van der Waals surface area contributed by atoms with E-state index in [9.17, 15) is 5.11 Å². The lowest BCUT2D eigenvalue weighted by atomic mass is 9.95. The first-order chi connectivity index (χ1) is 8.20. The summed E-state index contributed by atoms with van der Waals surface area (Å²) in [5.41, 5.74) is 0.0486. The van der Waals surface area contributed by atoms with Crippen molar-refractivity contribution in [2.75, 3.05) is 19.7 Å². The molecule has 0 aliphatic carbocycles. The third-order valence-electron chi connectivity index (χ3n) is 5.33. The van der Waals surface area contributed by atoms with Crippen LogP contribution < -0.4 is 0 Å². The maximum atomic E-state index is 9.72. The van der Waals surface area contributed by atoms with Crippen LogP contribution in [0.5, 0.6) is 0 Å². The second-order valence-corrected chi connectivity index (χ2v) is 12.4. The van der Waals surface area contributed by atoms with Crippen molar-refractivity contribution in [3.05, 3.63) is 0 Å². The molecule has 0 aromatic heterocycles. The van der Waals surface area contributed by atoms with E-state index in [2.05, 4.69) is 38.8 Å². The molecule has 2 fully saturated rings. The van der Waals surface area contributed by atoms with E-state index in [4.69, 9.17) is 4.43 Å². The molecule has 0 radical (unpaired) electrons. The number of hydrogen-bond donors (Lipinski definition) is 1. The van der Waals surface area contributed by atoms with Crippen molar-refractivity contribution in [3.63, 3.8) is 0 Å². The third-order valence-corrected chi connectivity index (χ3v) is 9.87. The van der Waals surface area contributed by atoms with Crippen molar-refractivity contribution < 1.29 is 9.53 Å². The Labute approximate surface area is 113 Å². The second kappa shape index (κ2) is 4.58. The molecule has 0 aromatic rings. The molecule has 2 aliphatic rings. The molecule has 2 heterocycles. The topological polar surface area (TPSA) is 32.7 Å². The van der Waals surface area contributed by atoms with Gasteiger partial charge in [0.2, 0.25) is 0 Å². The standard InChI is InChI=1S/C14H29NO2Si/c1-13(2,3)18(4,5)17-12-9-14(11-16)7-6-8-15(14)10-12/h12,16H,6-11H2,1-5H3. The van der Waals surface area contributed by atoms with Crippen molar-refractivity contribution in [3.8, 4) is 0 Å². The highest BCUT2D eigenvalue weighted by Gasteiger charge is 2.50. The molecule has 0 saturated carbocycles. The summed E-state index contributed by atoms with van der Waals surface area (Å²) in [7, 11) is -1.67. The lowest BCUT2D eigenvalue weighted by Gasteiger charge is -2.38. The number of fused-ring (bicyclic) bond motifs is 1. The molecule has 0 spiro atoms. The zero-order valence-electron chi connectivity index (χ0n) is 12.6. The predicted molar refractivity (Wildman–Crippen MR) is 77.3 cm³/mol. The monoisotopic (exact) mass is 271 g/mol. The van der Waals surface area contributed by atoms with Crippen LogP contribution in [-0.2, 0) is 4.43 Å². The predicted octanol–water partition coefficient (Wildman–Crippen LogP) is 2.61. The summed E-state index contributed by atoms with van der Waals surface area (Å²) in [4.78, 5) is 2.46. The van der Waals surface area contributed by atoms with Gasteiger partial charge in [0, 0.05) is 12.1 Å². The van der Waals surface area contributed by atoms with Crippen LogP contribution in [0.1, 0.15) is 40.0 Å². The Kier molecular flexibility index (Phi) is 3.69. The fraction of sp³-hybridized carbons (Fsp3) is 1.00. The molecule has 18 heavy (non-hydrogen) atoms. The minimum absolute atomic E-state index is 0.0486. The lowest BCUT2D eigenvalue weighted by Crippen LogP contribution is -2.44. The molecule has 106 valence electrons. The summed E-state index contributed by atoms with van der Waals surface area (Å²) in [6, 6.07) is 0. The number of rotatable bonds is 3. The number of aliphatic hydroxyl groups excluding tert-OH is 1. The van der Waals surface area contributed by atoms with Crippen LogP contribution in [0.4, 0.5) is 0 Å². The summed E-state index contributed by atoms with van der Waals surface area (Å²) in [5.74, 6) is 0. The van der Waals surface area contributed by atoms with Gasteiger partial charge in [-0.3, -0.25) is 4.90 Å². The summed E-state index contributed by atoms with van der Waals surface area (Å²) in [6.07, 6.45) is 3.72. The average molecular weight is 271 g/mol. The highest BCUT2D eigenvalue weighted by Crippen LogP contribution is 2.43. The van der Waals surface area contributed by atoms with Gasteiger partial charge in [-0.2, -0.15) is 0 Å². The fourth-order valence-electron chi connectivity index (χ4n) is 3.16. The van der Waals surface area contributed by atoms with Crippen molar-refractivity contribution >= 4 is 8.32 Å². The zero-order valence-corrected chi connectivity index (χ0v) is 13.6. The van der Waals surface area contributed by atoms with Gasteiger partial charge in [0.05, 0.1) is 12.7 Å². The summed E-state index contributed by atoms with van der Waals surface area (Å²) in [6.45, 7) is 14.0. The van der Waals surface area contributed by atoms with Gasteiger partial charge in [-0.25, -0.2) is 0 Å². The van der Waals surface area contributed by atoms with Gasteiger partial charge in [-0.1, -0.05) is 20.8 Å². The first kappa shape index (κ1) is 14.5. The summed E-state index contributed by atoms with van der Waals surface area (Å²) >= 11 is 0. The molecule has 2 saturated heterocycles. The number of hydrogen-bond acceptors (Lipinski definition) is 3. The van der Waals surface area contributed by atoms with Gasteiger partial charge in [0.1, 0.15) is 0 Å². The molecule has 2 aliphatic heterocycles. The first-order valence-corrected chi connectivity index (χ1v) is 10.1. The van der Waals surface area contributed by atoms with E-state index in [1.165, 1.54) is 6.42 Å². The van der Waals surface area contributed by atoms with Crippen LogP contribution in [0.25, 0.3) is 0 Å². The smallest absolute Gasteiger partial charge is 0.192 e. The molecule has 2 unspecified atom stereocenters. The van der Waals surface area contributed by atoms with Gasteiger partial charge >= 0.3 is 0 Å². The minimum atomic E-state index is -1.67. The van der Waals surface area contributed by atoms with Crippen LogP contribution in [-0.4, -0.2) is 49.7 Å². The maximum absolute atomic E-state index is 9.72.